The number of hydrogen-bond acceptors (Lipinski definition) is 4. The van der Waals surface area contributed by atoms with Crippen molar-refractivity contribution in [2.24, 2.45) is 5.73 Å². The standard InChI is InChI=1S/C14H22FN3O2S/c1-2-5-17-6-8-18(9-7-17)21(19,20)14-10-13(15)4-3-12(14)11-16/h3-4,10H,2,5-9,11,16H2,1H3. The van der Waals surface area contributed by atoms with Crippen LogP contribution in [0.25, 0.3) is 0 Å². The minimum Gasteiger partial charge on any atom is -0.326 e. The van der Waals surface area contributed by atoms with Crippen molar-refractivity contribution >= 4 is 10.0 Å². The van der Waals surface area contributed by atoms with Gasteiger partial charge in [0.2, 0.25) is 10.0 Å². The molecule has 0 radical (unpaired) electrons. The van der Waals surface area contributed by atoms with Crippen molar-refractivity contribution < 1.29 is 12.8 Å². The molecule has 2 rings (SSSR count). The summed E-state index contributed by atoms with van der Waals surface area (Å²) in [7, 11) is -3.68. The van der Waals surface area contributed by atoms with E-state index in [1.807, 2.05) is 0 Å². The number of benzene rings is 1. The van der Waals surface area contributed by atoms with Crippen molar-refractivity contribution in [2.45, 2.75) is 24.8 Å². The maximum atomic E-state index is 13.4. The number of nitrogens with two attached hydrogens (primary N) is 1. The van der Waals surface area contributed by atoms with Gasteiger partial charge in [-0.15, -0.1) is 0 Å². The zero-order valence-corrected chi connectivity index (χ0v) is 13.1. The van der Waals surface area contributed by atoms with Crippen LogP contribution in [0.1, 0.15) is 18.9 Å². The van der Waals surface area contributed by atoms with Crippen molar-refractivity contribution in [3.63, 3.8) is 0 Å². The third kappa shape index (κ3) is 3.60. The summed E-state index contributed by atoms with van der Waals surface area (Å²) in [6.45, 7) is 5.43. The Balaban J connectivity index is 2.21. The fourth-order valence-corrected chi connectivity index (χ4v) is 4.25. The molecule has 0 bridgehead atoms. The van der Waals surface area contributed by atoms with Gasteiger partial charge in [-0.1, -0.05) is 13.0 Å². The van der Waals surface area contributed by atoms with E-state index in [0.29, 0.717) is 31.7 Å². The molecule has 0 aliphatic carbocycles. The number of rotatable bonds is 5. The molecular weight excluding hydrogens is 293 g/mol. The molecule has 1 aliphatic rings. The molecule has 118 valence electrons. The number of nitrogens with zero attached hydrogens (tertiary/aromatic N) is 2. The van der Waals surface area contributed by atoms with E-state index in [9.17, 15) is 12.8 Å². The topological polar surface area (TPSA) is 66.6 Å². The first-order valence-corrected chi connectivity index (χ1v) is 8.64. The highest BCUT2D eigenvalue weighted by Crippen LogP contribution is 2.22. The summed E-state index contributed by atoms with van der Waals surface area (Å²) < 4.78 is 40.2. The summed E-state index contributed by atoms with van der Waals surface area (Å²) in [5.74, 6) is -0.560. The fraction of sp³-hybridized carbons (Fsp3) is 0.571. The quantitative estimate of drug-likeness (QED) is 0.880. The van der Waals surface area contributed by atoms with Gasteiger partial charge in [0.05, 0.1) is 4.90 Å². The average Bonchev–Trinajstić information content (AvgIpc) is 2.48. The monoisotopic (exact) mass is 315 g/mol. The Morgan fingerprint density at radius 3 is 2.48 bits per heavy atom. The second-order valence-electron chi connectivity index (χ2n) is 5.20. The summed E-state index contributed by atoms with van der Waals surface area (Å²) >= 11 is 0. The van der Waals surface area contributed by atoms with E-state index in [1.54, 1.807) is 0 Å². The molecule has 0 amide bonds. The first kappa shape index (κ1) is 16.4. The summed E-state index contributed by atoms with van der Waals surface area (Å²) in [5, 5.41) is 0. The van der Waals surface area contributed by atoms with Gasteiger partial charge in [0.1, 0.15) is 5.82 Å². The molecule has 1 aliphatic heterocycles. The molecule has 0 atom stereocenters. The van der Waals surface area contributed by atoms with Crippen LogP contribution in [0, 0.1) is 5.82 Å². The molecule has 1 fully saturated rings. The van der Waals surface area contributed by atoms with Gasteiger partial charge in [-0.25, -0.2) is 12.8 Å². The number of hydrogen-bond donors (Lipinski definition) is 1. The molecule has 0 saturated carbocycles. The second kappa shape index (κ2) is 6.83. The van der Waals surface area contributed by atoms with Crippen LogP contribution in [0.4, 0.5) is 4.39 Å². The van der Waals surface area contributed by atoms with Crippen LogP contribution in [0.15, 0.2) is 23.1 Å². The van der Waals surface area contributed by atoms with Gasteiger partial charge in [0, 0.05) is 32.7 Å². The summed E-state index contributed by atoms with van der Waals surface area (Å²) in [6, 6.07) is 3.74. The Bertz CT molecular complexity index is 584. The molecule has 1 aromatic rings. The Morgan fingerprint density at radius 2 is 1.90 bits per heavy atom. The molecule has 7 heteroatoms. The number of halogens is 1. The third-order valence-electron chi connectivity index (χ3n) is 3.74. The van der Waals surface area contributed by atoms with Gasteiger partial charge < -0.3 is 10.6 Å². The fourth-order valence-electron chi connectivity index (χ4n) is 2.59. The van der Waals surface area contributed by atoms with E-state index in [4.69, 9.17) is 5.73 Å². The van der Waals surface area contributed by atoms with Crippen molar-refractivity contribution in [1.82, 2.24) is 9.21 Å². The van der Waals surface area contributed by atoms with Crippen LogP contribution in [-0.2, 0) is 16.6 Å². The van der Waals surface area contributed by atoms with Gasteiger partial charge in [-0.3, -0.25) is 0 Å². The SMILES string of the molecule is CCCN1CCN(S(=O)(=O)c2cc(F)ccc2CN)CC1. The van der Waals surface area contributed by atoms with Gasteiger partial charge in [0.15, 0.2) is 0 Å². The minimum atomic E-state index is -3.68. The van der Waals surface area contributed by atoms with E-state index in [-0.39, 0.29) is 11.4 Å². The smallest absolute Gasteiger partial charge is 0.243 e. The van der Waals surface area contributed by atoms with Crippen LogP contribution in [0.5, 0.6) is 0 Å². The Morgan fingerprint density at radius 1 is 1.24 bits per heavy atom. The number of sulfonamides is 1. The first-order chi connectivity index (χ1) is 9.98. The molecule has 1 saturated heterocycles. The van der Waals surface area contributed by atoms with Gasteiger partial charge in [-0.05, 0) is 30.7 Å². The molecule has 21 heavy (non-hydrogen) atoms. The molecule has 1 aromatic carbocycles. The van der Waals surface area contributed by atoms with Crippen LogP contribution >= 0.6 is 0 Å². The maximum absolute atomic E-state index is 13.4. The Labute approximate surface area is 125 Å². The van der Waals surface area contributed by atoms with Crippen LogP contribution in [-0.4, -0.2) is 50.3 Å². The van der Waals surface area contributed by atoms with E-state index in [0.717, 1.165) is 19.0 Å². The largest absolute Gasteiger partial charge is 0.326 e. The summed E-state index contributed by atoms with van der Waals surface area (Å²) in [4.78, 5) is 2.23. The highest BCUT2D eigenvalue weighted by Gasteiger charge is 2.30. The van der Waals surface area contributed by atoms with E-state index >= 15 is 0 Å². The van der Waals surface area contributed by atoms with Crippen LogP contribution in [0.2, 0.25) is 0 Å². The lowest BCUT2D eigenvalue weighted by atomic mass is 10.2. The summed E-state index contributed by atoms with van der Waals surface area (Å²) in [5.41, 5.74) is 6.03. The molecule has 0 unspecified atom stereocenters. The number of piperazine rings is 1. The predicted molar refractivity (Wildman–Crippen MR) is 79.8 cm³/mol. The molecule has 0 spiro atoms. The predicted octanol–water partition coefficient (Wildman–Crippen LogP) is 1.00. The normalized spacial score (nSPS) is 18.0. The molecule has 0 aromatic heterocycles. The Kier molecular flexibility index (Phi) is 5.32. The van der Waals surface area contributed by atoms with E-state index in [2.05, 4.69) is 11.8 Å². The van der Waals surface area contributed by atoms with E-state index in [1.165, 1.54) is 16.4 Å². The highest BCUT2D eigenvalue weighted by molar-refractivity contribution is 7.89. The van der Waals surface area contributed by atoms with Crippen LogP contribution < -0.4 is 5.73 Å². The molecule has 2 N–H and O–H groups in total. The lowest BCUT2D eigenvalue weighted by molar-refractivity contribution is 0.188. The van der Waals surface area contributed by atoms with Crippen molar-refractivity contribution in [1.29, 1.82) is 0 Å². The molecule has 5 nitrogen and oxygen atoms in total. The zero-order valence-electron chi connectivity index (χ0n) is 12.3. The third-order valence-corrected chi connectivity index (χ3v) is 5.72. The first-order valence-electron chi connectivity index (χ1n) is 7.20. The van der Waals surface area contributed by atoms with Gasteiger partial charge >= 0.3 is 0 Å². The Hall–Kier alpha value is -1.02. The second-order valence-corrected chi connectivity index (χ2v) is 7.11. The van der Waals surface area contributed by atoms with Crippen molar-refractivity contribution in [3.05, 3.63) is 29.6 Å². The maximum Gasteiger partial charge on any atom is 0.243 e. The molecular formula is C14H22FN3O2S. The van der Waals surface area contributed by atoms with Gasteiger partial charge in [-0.2, -0.15) is 4.31 Å². The summed E-state index contributed by atoms with van der Waals surface area (Å²) in [6.07, 6.45) is 1.05. The van der Waals surface area contributed by atoms with E-state index < -0.39 is 15.8 Å². The zero-order chi connectivity index (χ0) is 15.5. The van der Waals surface area contributed by atoms with Crippen LogP contribution in [0.3, 0.4) is 0 Å². The highest BCUT2D eigenvalue weighted by atomic mass is 32.2. The molecule has 1 heterocycles. The van der Waals surface area contributed by atoms with Crippen molar-refractivity contribution in [2.75, 3.05) is 32.7 Å². The van der Waals surface area contributed by atoms with Gasteiger partial charge in [0.25, 0.3) is 0 Å². The average molecular weight is 315 g/mol. The van der Waals surface area contributed by atoms with Crippen molar-refractivity contribution in [3.8, 4) is 0 Å². The lowest BCUT2D eigenvalue weighted by Crippen LogP contribution is -2.48. The minimum absolute atomic E-state index is 0.00561. The lowest BCUT2D eigenvalue weighted by Gasteiger charge is -2.34.